The summed E-state index contributed by atoms with van der Waals surface area (Å²) >= 11 is 6.99. The minimum atomic E-state index is -5.02. The van der Waals surface area contributed by atoms with Crippen LogP contribution in [-0.4, -0.2) is 53.8 Å². The fraction of sp³-hybridized carbons (Fsp3) is 0.342. The van der Waals surface area contributed by atoms with Crippen molar-refractivity contribution in [3.05, 3.63) is 93.8 Å². The number of rotatable bonds is 12. The third kappa shape index (κ3) is 9.18. The Morgan fingerprint density at radius 2 is 1.93 bits per heavy atom. The smallest absolute Gasteiger partial charge is 0.421 e. The van der Waals surface area contributed by atoms with E-state index in [-0.39, 0.29) is 27.4 Å². The maximum atomic E-state index is 14.4. The third-order valence-corrected chi connectivity index (χ3v) is 9.14. The molecule has 54 heavy (non-hydrogen) atoms. The zero-order valence-electron chi connectivity index (χ0n) is 31.0. The number of amides is 1. The molecule has 0 fully saturated rings. The number of nitrogens with one attached hydrogen (secondary N) is 1. The van der Waals surface area contributed by atoms with Gasteiger partial charge in [0, 0.05) is 48.9 Å². The summed E-state index contributed by atoms with van der Waals surface area (Å²) in [6, 6.07) is 8.96. The van der Waals surface area contributed by atoms with E-state index in [1.807, 2.05) is 13.8 Å². The third-order valence-electron chi connectivity index (χ3n) is 8.41. The number of unbranched alkanes of at least 4 members (excludes halogenated alkanes) is 1. The van der Waals surface area contributed by atoms with Crippen LogP contribution in [0.15, 0.2) is 66.4 Å². The van der Waals surface area contributed by atoms with Gasteiger partial charge in [0.2, 0.25) is 6.79 Å². The van der Waals surface area contributed by atoms with E-state index in [9.17, 15) is 23.9 Å². The second-order valence-corrected chi connectivity index (χ2v) is 15.5. The van der Waals surface area contributed by atoms with Crippen molar-refractivity contribution in [2.24, 2.45) is 12.5 Å². The lowest BCUT2D eigenvalue weighted by atomic mass is 9.95. The molecule has 3 heterocycles. The molecule has 1 atom stereocenters. The van der Waals surface area contributed by atoms with Gasteiger partial charge in [0.05, 0.1) is 33.7 Å². The molecule has 0 spiro atoms. The Morgan fingerprint density at radius 1 is 1.17 bits per heavy atom. The van der Waals surface area contributed by atoms with Gasteiger partial charge in [0.25, 0.3) is 5.56 Å². The van der Waals surface area contributed by atoms with Crippen molar-refractivity contribution in [1.82, 2.24) is 24.5 Å². The topological polar surface area (TPSA) is 174 Å². The van der Waals surface area contributed by atoms with Crippen LogP contribution in [0.5, 0.6) is 0 Å². The number of ether oxygens (including phenoxy) is 1. The molecule has 3 N–H and O–H groups in total. The average molecular weight is 776 g/mol. The van der Waals surface area contributed by atoms with Crippen molar-refractivity contribution in [3.63, 3.8) is 0 Å². The van der Waals surface area contributed by atoms with Gasteiger partial charge >= 0.3 is 13.9 Å². The van der Waals surface area contributed by atoms with Crippen LogP contribution < -0.4 is 15.8 Å². The largest absolute Gasteiger partial charge is 0.472 e. The van der Waals surface area contributed by atoms with Crippen LogP contribution in [0.2, 0.25) is 5.02 Å². The number of aromatic nitrogens is 5. The first-order valence-corrected chi connectivity index (χ1v) is 19.1. The zero-order chi connectivity index (χ0) is 39.4. The van der Waals surface area contributed by atoms with E-state index in [1.165, 1.54) is 20.2 Å². The maximum Gasteiger partial charge on any atom is 0.472 e. The van der Waals surface area contributed by atoms with Gasteiger partial charge in [-0.2, -0.15) is 0 Å². The highest BCUT2D eigenvalue weighted by Crippen LogP contribution is 2.41. The molecule has 16 heteroatoms. The van der Waals surface area contributed by atoms with Gasteiger partial charge < -0.3 is 24.4 Å². The number of pyridine rings is 2. The predicted molar refractivity (Wildman–Crippen MR) is 210 cm³/mol. The highest BCUT2D eigenvalue weighted by molar-refractivity contribution is 7.46. The van der Waals surface area contributed by atoms with Gasteiger partial charge in [-0.15, -0.1) is 5.10 Å². The number of anilines is 2. The molecule has 0 saturated carbocycles. The quantitative estimate of drug-likeness (QED) is 0.0646. The van der Waals surface area contributed by atoms with Gasteiger partial charge in [-0.1, -0.05) is 82.0 Å². The molecule has 0 saturated heterocycles. The van der Waals surface area contributed by atoms with Crippen molar-refractivity contribution in [3.8, 4) is 11.8 Å². The monoisotopic (exact) mass is 775 g/mol. The number of hydrogen-bond acceptors (Lipinski definition) is 9. The summed E-state index contributed by atoms with van der Waals surface area (Å²) in [4.78, 5) is 52.4. The zero-order valence-corrected chi connectivity index (χ0v) is 32.6. The van der Waals surface area contributed by atoms with Crippen LogP contribution in [0.3, 0.4) is 0 Å². The fourth-order valence-corrected chi connectivity index (χ4v) is 6.12. The van der Waals surface area contributed by atoms with Gasteiger partial charge in [0.15, 0.2) is 0 Å². The van der Waals surface area contributed by atoms with Crippen LogP contribution in [-0.2, 0) is 20.9 Å². The standard InChI is InChI=1S/C38H43ClN7O7P/c1-8-10-11-13-25-20-40-34-30(33(25)41-22-38(4,5)6)18-26(19-31(34)39)46(37(48)52-23-53-54(49,50)51)35(32-21-45(43-42-32)24(3)9-2)28-14-12-15-29-27(28)16-17-44(7)36(29)47/h12,14-21,35H,3,8-10,22-23H2,1-2,4-7H3,(H,40,41)(H2,49,50,51). The second-order valence-electron chi connectivity index (χ2n) is 13.8. The Bertz CT molecular complexity index is 2390. The van der Waals surface area contributed by atoms with E-state index in [4.69, 9.17) is 16.3 Å². The average Bonchev–Trinajstić information content (AvgIpc) is 3.60. The van der Waals surface area contributed by atoms with E-state index in [1.54, 1.807) is 56.0 Å². The van der Waals surface area contributed by atoms with E-state index >= 15 is 0 Å². The van der Waals surface area contributed by atoms with Crippen molar-refractivity contribution < 1.29 is 28.4 Å². The summed E-state index contributed by atoms with van der Waals surface area (Å²) in [5.74, 6) is 6.41. The van der Waals surface area contributed by atoms with Crippen molar-refractivity contribution in [2.45, 2.75) is 59.9 Å². The van der Waals surface area contributed by atoms with Crippen LogP contribution in [0.25, 0.3) is 27.4 Å². The first kappa shape index (κ1) is 40.2. The molecule has 1 unspecified atom stereocenters. The Balaban J connectivity index is 1.84. The SMILES string of the molecule is C=C(CC)n1cc(C(c2cccc3c(=O)n(C)ccc23)N(C(=O)OCOP(=O)(O)O)c2cc(Cl)c3ncc(C#CCCC)c(NCC(C)(C)C)c3c2)nn1. The lowest BCUT2D eigenvalue weighted by Crippen LogP contribution is -2.37. The predicted octanol–water partition coefficient (Wildman–Crippen LogP) is 7.62. The van der Waals surface area contributed by atoms with Gasteiger partial charge in [-0.05, 0) is 53.5 Å². The number of benzene rings is 2. The van der Waals surface area contributed by atoms with Gasteiger partial charge in [0.1, 0.15) is 11.7 Å². The Hall–Kier alpha value is -5.03. The molecule has 3 aromatic heterocycles. The molecule has 5 rings (SSSR count). The van der Waals surface area contributed by atoms with Crippen LogP contribution in [0, 0.1) is 17.3 Å². The van der Waals surface area contributed by atoms with Crippen molar-refractivity contribution in [2.75, 3.05) is 23.6 Å². The highest BCUT2D eigenvalue weighted by Gasteiger charge is 2.35. The fourth-order valence-electron chi connectivity index (χ4n) is 5.67. The number of allylic oxidation sites excluding steroid dienone is 1. The number of carbonyl (C=O) groups excluding carboxylic acids is 1. The van der Waals surface area contributed by atoms with Crippen LogP contribution >= 0.6 is 19.4 Å². The number of nitrogens with zero attached hydrogens (tertiary/aromatic N) is 6. The molecule has 0 aliphatic rings. The number of phosphoric acid groups is 1. The Kier molecular flexibility index (Phi) is 12.3. The molecule has 0 bridgehead atoms. The molecule has 0 aliphatic heterocycles. The number of carbonyl (C=O) groups is 1. The summed E-state index contributed by atoms with van der Waals surface area (Å²) in [7, 11) is -3.39. The number of hydrogen-bond donors (Lipinski definition) is 3. The van der Waals surface area contributed by atoms with Gasteiger partial charge in [-0.3, -0.25) is 14.7 Å². The number of halogens is 1. The second kappa shape index (κ2) is 16.5. The van der Waals surface area contributed by atoms with Crippen LogP contribution in [0.4, 0.5) is 16.2 Å². The normalized spacial score (nSPS) is 12.3. The summed E-state index contributed by atoms with van der Waals surface area (Å²) < 4.78 is 24.4. The minimum absolute atomic E-state index is 0.134. The minimum Gasteiger partial charge on any atom is -0.421 e. The number of aryl methyl sites for hydroxylation is 1. The summed E-state index contributed by atoms with van der Waals surface area (Å²) in [6.07, 6.45) is 5.90. The lowest BCUT2D eigenvalue weighted by molar-refractivity contribution is 0.0427. The molecule has 2 aromatic carbocycles. The van der Waals surface area contributed by atoms with E-state index in [0.717, 1.165) is 6.42 Å². The van der Waals surface area contributed by atoms with Crippen LogP contribution in [0.1, 0.15) is 76.7 Å². The molecule has 284 valence electrons. The first-order chi connectivity index (χ1) is 25.5. The van der Waals surface area contributed by atoms with E-state index in [0.29, 0.717) is 63.6 Å². The lowest BCUT2D eigenvalue weighted by Gasteiger charge is -2.31. The molecule has 14 nitrogen and oxygen atoms in total. The summed E-state index contributed by atoms with van der Waals surface area (Å²) in [5.41, 5.74) is 2.84. The number of phosphoric ester groups is 1. The summed E-state index contributed by atoms with van der Waals surface area (Å²) in [6.45, 7) is 13.7. The maximum absolute atomic E-state index is 14.4. The molecule has 0 aliphatic carbocycles. The number of fused-ring (bicyclic) bond motifs is 2. The Morgan fingerprint density at radius 3 is 2.61 bits per heavy atom. The first-order valence-electron chi connectivity index (χ1n) is 17.2. The van der Waals surface area contributed by atoms with Gasteiger partial charge in [-0.25, -0.2) is 18.6 Å². The molecular weight excluding hydrogens is 733 g/mol. The highest BCUT2D eigenvalue weighted by atomic mass is 35.5. The van der Waals surface area contributed by atoms with E-state index < -0.39 is 26.8 Å². The molecule has 0 radical (unpaired) electrons. The molecular formula is C38H43ClN7O7P. The molecule has 5 aromatic rings. The van der Waals surface area contributed by atoms with E-state index in [2.05, 4.69) is 64.3 Å². The van der Waals surface area contributed by atoms with Crippen molar-refractivity contribution >= 4 is 64.3 Å². The van der Waals surface area contributed by atoms with Crippen molar-refractivity contribution in [1.29, 1.82) is 0 Å². The summed E-state index contributed by atoms with van der Waals surface area (Å²) in [5, 5.41) is 13.9. The Labute approximate surface area is 318 Å². The molecule has 1 amide bonds.